The van der Waals surface area contributed by atoms with Crippen LogP contribution in [0.5, 0.6) is 0 Å². The van der Waals surface area contributed by atoms with Crippen molar-refractivity contribution in [3.63, 3.8) is 0 Å². The first-order valence-electron chi connectivity index (χ1n) is 10.7. The van der Waals surface area contributed by atoms with E-state index in [0.29, 0.717) is 17.7 Å². The standard InChI is InChI=1S/C24H31N3O2/c1-16-21-19(14-24(2,3)15-20(21)28)26-22(16)23(29)25-17-8-10-18(11-9-17)27-12-6-4-5-7-13-27/h8-11,26H,4-7,12-15H2,1-3H3,(H,25,29). The summed E-state index contributed by atoms with van der Waals surface area (Å²) < 4.78 is 0. The highest BCUT2D eigenvalue weighted by Gasteiger charge is 2.35. The highest BCUT2D eigenvalue weighted by Crippen LogP contribution is 2.36. The maximum absolute atomic E-state index is 12.9. The Bertz CT molecular complexity index is 916. The number of aromatic nitrogens is 1. The van der Waals surface area contributed by atoms with Gasteiger partial charge in [-0.15, -0.1) is 0 Å². The molecule has 0 atom stereocenters. The van der Waals surface area contributed by atoms with Crippen LogP contribution in [-0.2, 0) is 6.42 Å². The number of benzene rings is 1. The van der Waals surface area contributed by atoms with Crippen molar-refractivity contribution in [2.24, 2.45) is 5.41 Å². The van der Waals surface area contributed by atoms with Crippen molar-refractivity contribution in [3.05, 3.63) is 46.8 Å². The topological polar surface area (TPSA) is 65.2 Å². The fourth-order valence-electron chi connectivity index (χ4n) is 4.74. The van der Waals surface area contributed by atoms with Crippen molar-refractivity contribution < 1.29 is 9.59 Å². The first-order valence-corrected chi connectivity index (χ1v) is 10.7. The molecule has 1 aromatic heterocycles. The van der Waals surface area contributed by atoms with Gasteiger partial charge in [-0.1, -0.05) is 26.7 Å². The van der Waals surface area contributed by atoms with Crippen LogP contribution >= 0.6 is 0 Å². The number of nitrogens with one attached hydrogen (secondary N) is 2. The monoisotopic (exact) mass is 393 g/mol. The fourth-order valence-corrected chi connectivity index (χ4v) is 4.74. The minimum Gasteiger partial charge on any atom is -0.372 e. The maximum Gasteiger partial charge on any atom is 0.272 e. The van der Waals surface area contributed by atoms with Gasteiger partial charge in [-0.2, -0.15) is 0 Å². The van der Waals surface area contributed by atoms with Crippen molar-refractivity contribution >= 4 is 23.1 Å². The van der Waals surface area contributed by atoms with Gasteiger partial charge in [-0.25, -0.2) is 0 Å². The Balaban J connectivity index is 1.49. The van der Waals surface area contributed by atoms with Crippen LogP contribution in [0.15, 0.2) is 24.3 Å². The van der Waals surface area contributed by atoms with E-state index in [1.54, 1.807) is 0 Å². The minimum absolute atomic E-state index is 0.0711. The molecule has 1 amide bonds. The zero-order valence-corrected chi connectivity index (χ0v) is 17.7. The zero-order valence-electron chi connectivity index (χ0n) is 17.7. The summed E-state index contributed by atoms with van der Waals surface area (Å²) in [6, 6.07) is 8.09. The summed E-state index contributed by atoms with van der Waals surface area (Å²) >= 11 is 0. The normalized spacial score (nSPS) is 18.9. The number of fused-ring (bicyclic) bond motifs is 1. The van der Waals surface area contributed by atoms with E-state index in [9.17, 15) is 9.59 Å². The van der Waals surface area contributed by atoms with Crippen molar-refractivity contribution in [2.45, 2.75) is 59.3 Å². The smallest absolute Gasteiger partial charge is 0.272 e. The van der Waals surface area contributed by atoms with Gasteiger partial charge < -0.3 is 15.2 Å². The second kappa shape index (κ2) is 7.69. The van der Waals surface area contributed by atoms with Gasteiger partial charge in [0.2, 0.25) is 0 Å². The van der Waals surface area contributed by atoms with E-state index in [4.69, 9.17) is 0 Å². The van der Waals surface area contributed by atoms with Gasteiger partial charge in [0.05, 0.1) is 0 Å². The number of ketones is 1. The minimum atomic E-state index is -0.190. The molecule has 0 spiro atoms. The molecule has 4 rings (SSSR count). The third-order valence-electron chi connectivity index (χ3n) is 6.22. The summed E-state index contributed by atoms with van der Waals surface area (Å²) in [7, 11) is 0. The van der Waals surface area contributed by atoms with Gasteiger partial charge in [0.25, 0.3) is 5.91 Å². The Morgan fingerprint density at radius 1 is 1.03 bits per heavy atom. The Morgan fingerprint density at radius 2 is 1.69 bits per heavy atom. The number of nitrogens with zero attached hydrogens (tertiary/aromatic N) is 1. The van der Waals surface area contributed by atoms with Crippen LogP contribution in [0.4, 0.5) is 11.4 Å². The molecule has 1 aliphatic carbocycles. The van der Waals surface area contributed by atoms with E-state index in [0.717, 1.165) is 36.5 Å². The summed E-state index contributed by atoms with van der Waals surface area (Å²) in [5.41, 5.74) is 4.78. The van der Waals surface area contributed by atoms with Crippen molar-refractivity contribution in [1.82, 2.24) is 4.98 Å². The third kappa shape index (κ3) is 4.09. The van der Waals surface area contributed by atoms with Gasteiger partial charge >= 0.3 is 0 Å². The molecule has 0 saturated carbocycles. The van der Waals surface area contributed by atoms with Crippen molar-refractivity contribution in [3.8, 4) is 0 Å². The van der Waals surface area contributed by atoms with Crippen molar-refractivity contribution in [2.75, 3.05) is 23.3 Å². The third-order valence-corrected chi connectivity index (χ3v) is 6.22. The first kappa shape index (κ1) is 19.7. The Labute approximate surface area is 172 Å². The van der Waals surface area contributed by atoms with Crippen LogP contribution in [0.1, 0.15) is 78.1 Å². The fraction of sp³-hybridized carbons (Fsp3) is 0.500. The predicted molar refractivity (Wildman–Crippen MR) is 117 cm³/mol. The molecule has 1 aromatic carbocycles. The lowest BCUT2D eigenvalue weighted by Gasteiger charge is -2.28. The highest BCUT2D eigenvalue weighted by atomic mass is 16.2. The summed E-state index contributed by atoms with van der Waals surface area (Å²) in [6.45, 7) is 8.25. The molecule has 1 aliphatic heterocycles. The summed E-state index contributed by atoms with van der Waals surface area (Å²) in [5.74, 6) is -0.0594. The van der Waals surface area contributed by atoms with Gasteiger partial charge in [-0.3, -0.25) is 9.59 Å². The molecule has 2 aliphatic rings. The second-order valence-corrected chi connectivity index (χ2v) is 9.32. The molecule has 2 heterocycles. The quantitative estimate of drug-likeness (QED) is 0.761. The van der Waals surface area contributed by atoms with Crippen molar-refractivity contribution in [1.29, 1.82) is 0 Å². The number of H-pyrrole nitrogens is 1. The highest BCUT2D eigenvalue weighted by molar-refractivity contribution is 6.08. The number of carbonyl (C=O) groups is 2. The predicted octanol–water partition coefficient (Wildman–Crippen LogP) is 5.11. The summed E-state index contributed by atoms with van der Waals surface area (Å²) in [6.07, 6.45) is 6.41. The molecule has 1 fully saturated rings. The van der Waals surface area contributed by atoms with Gasteiger partial charge in [0.15, 0.2) is 5.78 Å². The summed E-state index contributed by atoms with van der Waals surface area (Å²) in [5, 5.41) is 2.99. The molecule has 154 valence electrons. The number of rotatable bonds is 3. The molecule has 5 heteroatoms. The number of Topliss-reactive ketones (excluding diaryl/α,β-unsaturated/α-hetero) is 1. The van der Waals surface area contributed by atoms with Gasteiger partial charge in [-0.05, 0) is 61.4 Å². The van der Waals surface area contributed by atoms with Gasteiger partial charge in [0, 0.05) is 42.1 Å². The average Bonchev–Trinajstić information content (AvgIpc) is 2.84. The van der Waals surface area contributed by atoms with E-state index in [1.807, 2.05) is 19.1 Å². The van der Waals surface area contributed by atoms with Crippen LogP contribution < -0.4 is 10.2 Å². The number of anilines is 2. The molecular formula is C24H31N3O2. The van der Waals surface area contributed by atoms with Crippen LogP contribution in [0.2, 0.25) is 0 Å². The van der Waals surface area contributed by atoms with Crippen LogP contribution in [0.3, 0.4) is 0 Å². The summed E-state index contributed by atoms with van der Waals surface area (Å²) in [4.78, 5) is 31.1. The molecule has 2 N–H and O–H groups in total. The van der Waals surface area contributed by atoms with Crippen LogP contribution in [0, 0.1) is 12.3 Å². The van der Waals surface area contributed by atoms with E-state index in [-0.39, 0.29) is 17.1 Å². The molecule has 0 unspecified atom stereocenters. The molecule has 2 aromatic rings. The maximum atomic E-state index is 12.9. The lowest BCUT2D eigenvalue weighted by molar-refractivity contribution is 0.0910. The molecule has 0 radical (unpaired) electrons. The molecule has 5 nitrogen and oxygen atoms in total. The Morgan fingerprint density at radius 3 is 2.34 bits per heavy atom. The van der Waals surface area contributed by atoms with E-state index < -0.39 is 0 Å². The van der Waals surface area contributed by atoms with E-state index in [1.165, 1.54) is 31.4 Å². The lowest BCUT2D eigenvalue weighted by atomic mass is 9.75. The first-order chi connectivity index (χ1) is 13.8. The largest absolute Gasteiger partial charge is 0.372 e. The van der Waals surface area contributed by atoms with Crippen LogP contribution in [-0.4, -0.2) is 29.8 Å². The SMILES string of the molecule is Cc1c(C(=O)Nc2ccc(N3CCCCCC3)cc2)[nH]c2c1C(=O)CC(C)(C)C2. The second-order valence-electron chi connectivity index (χ2n) is 9.32. The molecule has 1 saturated heterocycles. The van der Waals surface area contributed by atoms with E-state index in [2.05, 4.69) is 41.2 Å². The molecule has 0 bridgehead atoms. The lowest BCUT2D eigenvalue weighted by Crippen LogP contribution is -2.26. The zero-order chi connectivity index (χ0) is 20.6. The Hall–Kier alpha value is -2.56. The van der Waals surface area contributed by atoms with E-state index >= 15 is 0 Å². The number of carbonyl (C=O) groups excluding carboxylic acids is 2. The molecular weight excluding hydrogens is 362 g/mol. The molecule has 29 heavy (non-hydrogen) atoms. The number of aromatic amines is 1. The average molecular weight is 394 g/mol. The Kier molecular flexibility index (Phi) is 5.24. The number of hydrogen-bond acceptors (Lipinski definition) is 3. The number of hydrogen-bond donors (Lipinski definition) is 2. The van der Waals surface area contributed by atoms with Crippen LogP contribution in [0.25, 0.3) is 0 Å². The van der Waals surface area contributed by atoms with Gasteiger partial charge in [0.1, 0.15) is 5.69 Å². The number of amides is 1.